The largest absolute Gasteiger partial charge is 0.482 e. The zero-order valence-corrected chi connectivity index (χ0v) is 10.7. The third kappa shape index (κ3) is 4.63. The molecular weight excluding hydrogens is 291 g/mol. The first-order valence-corrected chi connectivity index (χ1v) is 5.97. The maximum Gasteiger partial charge on any atom is 0.401 e. The van der Waals surface area contributed by atoms with Crippen molar-refractivity contribution in [3.63, 3.8) is 0 Å². The molecule has 3 N–H and O–H groups in total. The van der Waals surface area contributed by atoms with Crippen molar-refractivity contribution >= 4 is 23.2 Å². The minimum Gasteiger partial charge on any atom is -0.482 e. The van der Waals surface area contributed by atoms with E-state index in [1.54, 1.807) is 6.07 Å². The van der Waals surface area contributed by atoms with Crippen LogP contribution in [0.4, 0.5) is 24.5 Å². The van der Waals surface area contributed by atoms with E-state index in [0.717, 1.165) is 0 Å². The lowest BCUT2D eigenvalue weighted by Crippen LogP contribution is -2.35. The molecule has 0 fully saturated rings. The van der Waals surface area contributed by atoms with Crippen LogP contribution in [-0.4, -0.2) is 37.7 Å². The molecule has 0 aromatic heterocycles. The van der Waals surface area contributed by atoms with Gasteiger partial charge >= 0.3 is 6.18 Å². The van der Waals surface area contributed by atoms with Crippen LogP contribution in [0.15, 0.2) is 18.2 Å². The highest BCUT2D eigenvalue weighted by atomic mass is 19.4. The van der Waals surface area contributed by atoms with Gasteiger partial charge in [-0.05, 0) is 18.2 Å². The Labute approximate surface area is 117 Å². The van der Waals surface area contributed by atoms with Gasteiger partial charge in [0.15, 0.2) is 6.61 Å². The standard InChI is InChI=1S/C12H12F3N3O3/c13-12(14,15)6-16-4-10(19)17-7-1-2-9-8(3-7)18-11(20)5-21-9/h1-3,16H,4-6H2,(H,17,19)(H,18,20). The first kappa shape index (κ1) is 15.1. The zero-order valence-electron chi connectivity index (χ0n) is 10.7. The number of halogens is 3. The lowest BCUT2D eigenvalue weighted by molar-refractivity contribution is -0.127. The number of anilines is 2. The minimum atomic E-state index is -4.37. The van der Waals surface area contributed by atoms with Gasteiger partial charge < -0.3 is 20.7 Å². The second-order valence-corrected chi connectivity index (χ2v) is 4.31. The van der Waals surface area contributed by atoms with Crippen LogP contribution in [0.2, 0.25) is 0 Å². The number of amides is 2. The van der Waals surface area contributed by atoms with Crippen molar-refractivity contribution in [2.24, 2.45) is 0 Å². The van der Waals surface area contributed by atoms with Gasteiger partial charge in [0.25, 0.3) is 5.91 Å². The number of benzene rings is 1. The normalized spacial score (nSPS) is 14.0. The number of carbonyl (C=O) groups excluding carboxylic acids is 2. The van der Waals surface area contributed by atoms with Gasteiger partial charge in [0.2, 0.25) is 5.91 Å². The highest BCUT2D eigenvalue weighted by Gasteiger charge is 2.26. The van der Waals surface area contributed by atoms with Gasteiger partial charge in [0.1, 0.15) is 5.75 Å². The molecule has 9 heteroatoms. The van der Waals surface area contributed by atoms with E-state index in [1.165, 1.54) is 12.1 Å². The van der Waals surface area contributed by atoms with E-state index in [2.05, 4.69) is 10.6 Å². The summed E-state index contributed by atoms with van der Waals surface area (Å²) in [4.78, 5) is 22.6. The summed E-state index contributed by atoms with van der Waals surface area (Å²) in [7, 11) is 0. The Morgan fingerprint density at radius 1 is 1.38 bits per heavy atom. The molecule has 114 valence electrons. The molecule has 0 aliphatic carbocycles. The van der Waals surface area contributed by atoms with Crippen LogP contribution in [0.25, 0.3) is 0 Å². The van der Waals surface area contributed by atoms with Crippen LogP contribution in [0.5, 0.6) is 5.75 Å². The first-order chi connectivity index (χ1) is 9.83. The highest BCUT2D eigenvalue weighted by Crippen LogP contribution is 2.30. The number of alkyl halides is 3. The number of fused-ring (bicyclic) bond motifs is 1. The zero-order chi connectivity index (χ0) is 15.5. The molecule has 2 rings (SSSR count). The molecule has 0 spiro atoms. The van der Waals surface area contributed by atoms with Crippen molar-refractivity contribution in [2.45, 2.75) is 6.18 Å². The predicted octanol–water partition coefficient (Wildman–Crippen LogP) is 1.11. The number of nitrogens with one attached hydrogen (secondary N) is 3. The molecular formula is C12H12F3N3O3. The molecule has 6 nitrogen and oxygen atoms in total. The van der Waals surface area contributed by atoms with Crippen LogP contribution in [0.1, 0.15) is 0 Å². The summed E-state index contributed by atoms with van der Waals surface area (Å²) in [6.07, 6.45) is -4.37. The summed E-state index contributed by atoms with van der Waals surface area (Å²) >= 11 is 0. The Kier molecular flexibility index (Phi) is 4.32. The van der Waals surface area contributed by atoms with Crippen LogP contribution < -0.4 is 20.7 Å². The summed E-state index contributed by atoms with van der Waals surface area (Å²) in [5.41, 5.74) is 0.741. The lowest BCUT2D eigenvalue weighted by atomic mass is 10.2. The summed E-state index contributed by atoms with van der Waals surface area (Å²) < 4.78 is 40.9. The van der Waals surface area contributed by atoms with Gasteiger partial charge in [-0.3, -0.25) is 9.59 Å². The molecule has 1 aliphatic heterocycles. The molecule has 0 unspecified atom stereocenters. The third-order valence-electron chi connectivity index (χ3n) is 2.51. The second-order valence-electron chi connectivity index (χ2n) is 4.31. The Hall–Kier alpha value is -2.29. The Morgan fingerprint density at radius 2 is 2.14 bits per heavy atom. The second kappa shape index (κ2) is 6.00. The van der Waals surface area contributed by atoms with E-state index in [4.69, 9.17) is 4.74 Å². The average molecular weight is 303 g/mol. The topological polar surface area (TPSA) is 79.5 Å². The van der Waals surface area contributed by atoms with Crippen molar-refractivity contribution in [1.82, 2.24) is 5.32 Å². The SMILES string of the molecule is O=C(CNCC(F)(F)F)Nc1ccc2c(c1)NC(=O)CO2. The number of carbonyl (C=O) groups is 2. The predicted molar refractivity (Wildman–Crippen MR) is 68.1 cm³/mol. The van der Waals surface area contributed by atoms with E-state index in [9.17, 15) is 22.8 Å². The van der Waals surface area contributed by atoms with Crippen LogP contribution in [0.3, 0.4) is 0 Å². The smallest absolute Gasteiger partial charge is 0.401 e. The Morgan fingerprint density at radius 3 is 2.86 bits per heavy atom. The summed E-state index contributed by atoms with van der Waals surface area (Å²) in [6, 6.07) is 4.54. The molecule has 0 atom stereocenters. The van der Waals surface area contributed by atoms with Gasteiger partial charge in [-0.2, -0.15) is 13.2 Å². The average Bonchev–Trinajstić information content (AvgIpc) is 2.36. The fraction of sp³-hybridized carbons (Fsp3) is 0.333. The highest BCUT2D eigenvalue weighted by molar-refractivity contribution is 5.97. The van der Waals surface area contributed by atoms with Gasteiger partial charge in [-0.1, -0.05) is 0 Å². The van der Waals surface area contributed by atoms with Gasteiger partial charge in [-0.15, -0.1) is 0 Å². The third-order valence-corrected chi connectivity index (χ3v) is 2.51. The van der Waals surface area contributed by atoms with Gasteiger partial charge in [0.05, 0.1) is 18.8 Å². The number of rotatable bonds is 4. The van der Waals surface area contributed by atoms with E-state index >= 15 is 0 Å². The fourth-order valence-electron chi connectivity index (χ4n) is 1.68. The first-order valence-electron chi connectivity index (χ1n) is 5.97. The van der Waals surface area contributed by atoms with E-state index in [1.807, 2.05) is 5.32 Å². The Balaban J connectivity index is 1.89. The number of ether oxygens (including phenoxy) is 1. The van der Waals surface area contributed by atoms with E-state index in [-0.39, 0.29) is 12.5 Å². The van der Waals surface area contributed by atoms with E-state index in [0.29, 0.717) is 17.1 Å². The fourth-order valence-corrected chi connectivity index (χ4v) is 1.68. The molecule has 1 aromatic rings. The van der Waals surface area contributed by atoms with Crippen molar-refractivity contribution in [3.05, 3.63) is 18.2 Å². The molecule has 1 aromatic carbocycles. The molecule has 0 saturated heterocycles. The lowest BCUT2D eigenvalue weighted by Gasteiger charge is -2.18. The molecule has 0 bridgehead atoms. The molecule has 0 saturated carbocycles. The number of hydrogen-bond donors (Lipinski definition) is 3. The molecule has 0 radical (unpaired) electrons. The molecule has 1 heterocycles. The Bertz CT molecular complexity index is 560. The number of hydrogen-bond acceptors (Lipinski definition) is 4. The molecule has 1 aliphatic rings. The minimum absolute atomic E-state index is 0.0833. The maximum atomic E-state index is 11.9. The maximum absolute atomic E-state index is 11.9. The van der Waals surface area contributed by atoms with Crippen molar-refractivity contribution in [3.8, 4) is 5.75 Å². The van der Waals surface area contributed by atoms with Crippen molar-refractivity contribution in [2.75, 3.05) is 30.3 Å². The van der Waals surface area contributed by atoms with Gasteiger partial charge in [-0.25, -0.2) is 0 Å². The summed E-state index contributed by atoms with van der Waals surface area (Å²) in [5.74, 6) is -0.483. The van der Waals surface area contributed by atoms with Crippen LogP contribution in [-0.2, 0) is 9.59 Å². The van der Waals surface area contributed by atoms with Crippen molar-refractivity contribution in [1.29, 1.82) is 0 Å². The van der Waals surface area contributed by atoms with Crippen molar-refractivity contribution < 1.29 is 27.5 Å². The molecule has 21 heavy (non-hydrogen) atoms. The monoisotopic (exact) mass is 303 g/mol. The van der Waals surface area contributed by atoms with Crippen LogP contribution in [0, 0.1) is 0 Å². The quantitative estimate of drug-likeness (QED) is 0.778. The molecule has 2 amide bonds. The van der Waals surface area contributed by atoms with Gasteiger partial charge in [0, 0.05) is 5.69 Å². The summed E-state index contributed by atoms with van der Waals surface area (Å²) in [6.45, 7) is -1.80. The van der Waals surface area contributed by atoms with E-state index < -0.39 is 25.2 Å². The van der Waals surface area contributed by atoms with Crippen LogP contribution >= 0.6 is 0 Å². The summed E-state index contributed by atoms with van der Waals surface area (Å²) in [5, 5.41) is 6.96.